The van der Waals surface area contributed by atoms with Gasteiger partial charge >= 0.3 is 5.97 Å². The number of halogens is 3. The second kappa shape index (κ2) is 8.04. The Labute approximate surface area is 158 Å². The summed E-state index contributed by atoms with van der Waals surface area (Å²) in [5.41, 5.74) is 0.815. The van der Waals surface area contributed by atoms with E-state index in [1.165, 1.54) is 31.4 Å². The molecule has 0 atom stereocenters. The highest BCUT2D eigenvalue weighted by atomic mass is 19.2. The van der Waals surface area contributed by atoms with Crippen LogP contribution in [0.2, 0.25) is 0 Å². The number of carboxylic acid groups (broad SMARTS) is 1. The monoisotopic (exact) mass is 388 g/mol. The van der Waals surface area contributed by atoms with Crippen molar-refractivity contribution in [3.05, 3.63) is 83.2 Å². The maximum atomic E-state index is 14.6. The van der Waals surface area contributed by atoms with Crippen LogP contribution < -0.4 is 9.47 Å². The van der Waals surface area contributed by atoms with Gasteiger partial charge in [0.2, 0.25) is 0 Å². The fraction of sp³-hybridized carbons (Fsp3) is 0.0952. The minimum atomic E-state index is -1.12. The SMILES string of the molecule is COc1cc(F)c(F)cc1-c1ccc(OCc2cccc(C(=O)O)c2)cc1F. The fourth-order valence-corrected chi connectivity index (χ4v) is 2.67. The molecule has 0 radical (unpaired) electrons. The number of hydrogen-bond acceptors (Lipinski definition) is 3. The highest BCUT2D eigenvalue weighted by molar-refractivity contribution is 5.87. The molecule has 3 aromatic rings. The van der Waals surface area contributed by atoms with Crippen LogP contribution in [0.4, 0.5) is 13.2 Å². The zero-order valence-electron chi connectivity index (χ0n) is 14.7. The van der Waals surface area contributed by atoms with Crippen molar-refractivity contribution in [2.45, 2.75) is 6.61 Å². The molecule has 0 saturated carbocycles. The normalized spacial score (nSPS) is 10.6. The zero-order chi connectivity index (χ0) is 20.3. The summed E-state index contributed by atoms with van der Waals surface area (Å²) in [6.45, 7) is 0.0361. The number of benzene rings is 3. The van der Waals surface area contributed by atoms with Gasteiger partial charge in [0, 0.05) is 23.3 Å². The van der Waals surface area contributed by atoms with Crippen LogP contribution in [0.1, 0.15) is 15.9 Å². The first kappa shape index (κ1) is 19.3. The third-order valence-electron chi connectivity index (χ3n) is 4.05. The molecular weight excluding hydrogens is 373 g/mol. The van der Waals surface area contributed by atoms with Crippen molar-refractivity contribution in [2.75, 3.05) is 7.11 Å². The van der Waals surface area contributed by atoms with Gasteiger partial charge in [0.1, 0.15) is 23.9 Å². The molecule has 0 bridgehead atoms. The molecule has 0 unspecified atom stereocenters. The van der Waals surface area contributed by atoms with Gasteiger partial charge in [-0.2, -0.15) is 0 Å². The Morgan fingerprint density at radius 1 is 0.929 bits per heavy atom. The van der Waals surface area contributed by atoms with Crippen LogP contribution in [0, 0.1) is 17.5 Å². The van der Waals surface area contributed by atoms with Crippen LogP contribution in [0.15, 0.2) is 54.6 Å². The van der Waals surface area contributed by atoms with E-state index in [9.17, 15) is 18.0 Å². The topological polar surface area (TPSA) is 55.8 Å². The van der Waals surface area contributed by atoms with Gasteiger partial charge in [-0.25, -0.2) is 18.0 Å². The summed E-state index contributed by atoms with van der Waals surface area (Å²) in [5.74, 6) is -3.78. The van der Waals surface area contributed by atoms with Gasteiger partial charge in [0.05, 0.1) is 12.7 Å². The van der Waals surface area contributed by atoms with E-state index in [2.05, 4.69) is 0 Å². The van der Waals surface area contributed by atoms with E-state index in [1.54, 1.807) is 12.1 Å². The molecule has 0 spiro atoms. The van der Waals surface area contributed by atoms with E-state index in [0.29, 0.717) is 5.56 Å². The molecule has 0 aliphatic rings. The van der Waals surface area contributed by atoms with Gasteiger partial charge in [-0.3, -0.25) is 0 Å². The van der Waals surface area contributed by atoms with Crippen LogP contribution in [0.3, 0.4) is 0 Å². The van der Waals surface area contributed by atoms with Crippen LogP contribution >= 0.6 is 0 Å². The average Bonchev–Trinajstić information content (AvgIpc) is 2.68. The van der Waals surface area contributed by atoms with E-state index in [4.69, 9.17) is 14.6 Å². The summed E-state index contributed by atoms with van der Waals surface area (Å²) in [7, 11) is 1.27. The predicted octanol–water partition coefficient (Wildman–Crippen LogP) is 5.06. The molecule has 28 heavy (non-hydrogen) atoms. The molecule has 4 nitrogen and oxygen atoms in total. The third-order valence-corrected chi connectivity index (χ3v) is 4.05. The molecule has 0 fully saturated rings. The molecule has 0 heterocycles. The standard InChI is InChI=1S/C21H15F3O4/c1-27-20-10-19(24)18(23)9-16(20)15-6-5-14(8-17(15)22)28-11-12-3-2-4-13(7-12)21(25)26/h2-10H,11H2,1H3,(H,25,26). The Hall–Kier alpha value is -3.48. The highest BCUT2D eigenvalue weighted by Gasteiger charge is 2.16. The number of hydrogen-bond donors (Lipinski definition) is 1. The number of aromatic carboxylic acids is 1. The average molecular weight is 388 g/mol. The smallest absolute Gasteiger partial charge is 0.335 e. The Bertz CT molecular complexity index is 1030. The molecule has 0 aromatic heterocycles. The van der Waals surface area contributed by atoms with E-state index >= 15 is 0 Å². The minimum Gasteiger partial charge on any atom is -0.496 e. The van der Waals surface area contributed by atoms with Crippen molar-refractivity contribution < 1.29 is 32.5 Å². The molecule has 3 aromatic carbocycles. The number of ether oxygens (including phenoxy) is 2. The summed E-state index contributed by atoms with van der Waals surface area (Å²) in [4.78, 5) is 11.0. The first-order valence-corrected chi connectivity index (χ1v) is 8.17. The largest absolute Gasteiger partial charge is 0.496 e. The Morgan fingerprint density at radius 2 is 1.68 bits per heavy atom. The molecule has 0 amide bonds. The maximum Gasteiger partial charge on any atom is 0.335 e. The third kappa shape index (κ3) is 4.09. The molecule has 7 heteroatoms. The number of rotatable bonds is 6. The van der Waals surface area contributed by atoms with E-state index in [-0.39, 0.29) is 34.8 Å². The van der Waals surface area contributed by atoms with Crippen molar-refractivity contribution in [1.82, 2.24) is 0 Å². The van der Waals surface area contributed by atoms with E-state index < -0.39 is 23.4 Å². The molecular formula is C21H15F3O4. The van der Waals surface area contributed by atoms with E-state index in [0.717, 1.165) is 18.2 Å². The second-order valence-corrected chi connectivity index (χ2v) is 5.90. The Kier molecular flexibility index (Phi) is 5.54. The van der Waals surface area contributed by atoms with Crippen molar-refractivity contribution in [3.63, 3.8) is 0 Å². The molecule has 0 saturated heterocycles. The predicted molar refractivity (Wildman–Crippen MR) is 96.0 cm³/mol. The van der Waals surface area contributed by atoms with Crippen LogP contribution in [-0.2, 0) is 6.61 Å². The van der Waals surface area contributed by atoms with Crippen molar-refractivity contribution >= 4 is 5.97 Å². The number of methoxy groups -OCH3 is 1. The Balaban J connectivity index is 1.83. The molecule has 0 aliphatic carbocycles. The maximum absolute atomic E-state index is 14.6. The first-order chi connectivity index (χ1) is 13.4. The van der Waals surface area contributed by atoms with Crippen LogP contribution in [-0.4, -0.2) is 18.2 Å². The van der Waals surface area contributed by atoms with Gasteiger partial charge in [0.25, 0.3) is 0 Å². The summed E-state index contributed by atoms with van der Waals surface area (Å²) in [6.07, 6.45) is 0. The fourth-order valence-electron chi connectivity index (χ4n) is 2.67. The summed E-state index contributed by atoms with van der Waals surface area (Å²) < 4.78 is 52.0. The minimum absolute atomic E-state index is 0.00282. The lowest BCUT2D eigenvalue weighted by molar-refractivity contribution is 0.0696. The number of carbonyl (C=O) groups is 1. The van der Waals surface area contributed by atoms with Crippen molar-refractivity contribution in [1.29, 1.82) is 0 Å². The van der Waals surface area contributed by atoms with Crippen molar-refractivity contribution in [2.24, 2.45) is 0 Å². The summed E-state index contributed by atoms with van der Waals surface area (Å²) >= 11 is 0. The quantitative estimate of drug-likeness (QED) is 0.642. The lowest BCUT2D eigenvalue weighted by atomic mass is 10.0. The van der Waals surface area contributed by atoms with Gasteiger partial charge in [-0.05, 0) is 35.9 Å². The lowest BCUT2D eigenvalue weighted by Crippen LogP contribution is -2.01. The lowest BCUT2D eigenvalue weighted by Gasteiger charge is -2.12. The highest BCUT2D eigenvalue weighted by Crippen LogP contribution is 2.35. The molecule has 1 N–H and O–H groups in total. The van der Waals surface area contributed by atoms with Gasteiger partial charge in [0.15, 0.2) is 11.6 Å². The van der Waals surface area contributed by atoms with E-state index in [1.807, 2.05) is 0 Å². The van der Waals surface area contributed by atoms with Gasteiger partial charge < -0.3 is 14.6 Å². The molecule has 0 aliphatic heterocycles. The summed E-state index contributed by atoms with van der Waals surface area (Å²) in [5, 5.41) is 9.00. The van der Waals surface area contributed by atoms with Crippen LogP contribution in [0.25, 0.3) is 11.1 Å². The number of carboxylic acids is 1. The Morgan fingerprint density at radius 3 is 2.36 bits per heavy atom. The van der Waals surface area contributed by atoms with Gasteiger partial charge in [-0.1, -0.05) is 12.1 Å². The second-order valence-electron chi connectivity index (χ2n) is 5.90. The zero-order valence-corrected chi connectivity index (χ0v) is 14.7. The summed E-state index contributed by atoms with van der Waals surface area (Å²) in [6, 6.07) is 11.8. The molecule has 144 valence electrons. The van der Waals surface area contributed by atoms with Gasteiger partial charge in [-0.15, -0.1) is 0 Å². The molecule has 3 rings (SSSR count). The van der Waals surface area contributed by atoms with Crippen LogP contribution in [0.5, 0.6) is 11.5 Å². The first-order valence-electron chi connectivity index (χ1n) is 8.17. The van der Waals surface area contributed by atoms with Crippen molar-refractivity contribution in [3.8, 4) is 22.6 Å².